The lowest BCUT2D eigenvalue weighted by Gasteiger charge is -1.96. The zero-order valence-corrected chi connectivity index (χ0v) is 7.42. The Morgan fingerprint density at radius 1 is 1.56 bits per heavy atom. The molecule has 1 heteroatoms. The third kappa shape index (κ3) is 5.97. The second-order valence-corrected chi connectivity index (χ2v) is 3.44. The Morgan fingerprint density at radius 3 is 2.67 bits per heavy atom. The van der Waals surface area contributed by atoms with Gasteiger partial charge in [0, 0.05) is 0 Å². The molecule has 0 aliphatic rings. The van der Waals surface area contributed by atoms with Crippen molar-refractivity contribution in [1.29, 1.82) is 0 Å². The van der Waals surface area contributed by atoms with Crippen molar-refractivity contribution < 1.29 is 0 Å². The van der Waals surface area contributed by atoms with Gasteiger partial charge in [-0.25, -0.2) is 0 Å². The molecule has 0 unspecified atom stereocenters. The summed E-state index contributed by atoms with van der Waals surface area (Å²) in [5, 5.41) is 0. The van der Waals surface area contributed by atoms with Crippen molar-refractivity contribution in [1.82, 2.24) is 0 Å². The van der Waals surface area contributed by atoms with Crippen LogP contribution in [0.4, 0.5) is 0 Å². The maximum atomic E-state index is 2.23. The van der Waals surface area contributed by atoms with Gasteiger partial charge in [-0.05, 0) is 30.9 Å². The average Bonchev–Trinajstić information content (AvgIpc) is 1.89. The standard InChI is InChI=1S/C8H16S/c1-4-6-7-9-8(3)5-2/h5H,4,6-7H2,1-3H3/b8-5+. The van der Waals surface area contributed by atoms with Crippen LogP contribution in [0.15, 0.2) is 11.0 Å². The lowest BCUT2D eigenvalue weighted by atomic mass is 10.4. The van der Waals surface area contributed by atoms with Gasteiger partial charge in [-0.2, -0.15) is 0 Å². The molecule has 0 saturated carbocycles. The molecule has 0 rings (SSSR count). The Balaban J connectivity index is 3.07. The molecule has 0 N–H and O–H groups in total. The van der Waals surface area contributed by atoms with Gasteiger partial charge in [0.05, 0.1) is 0 Å². The van der Waals surface area contributed by atoms with Crippen molar-refractivity contribution in [2.75, 3.05) is 5.75 Å². The van der Waals surface area contributed by atoms with Crippen LogP contribution in [-0.4, -0.2) is 5.75 Å². The van der Waals surface area contributed by atoms with E-state index in [2.05, 4.69) is 26.8 Å². The number of hydrogen-bond acceptors (Lipinski definition) is 1. The van der Waals surface area contributed by atoms with Crippen molar-refractivity contribution in [3.05, 3.63) is 11.0 Å². The summed E-state index contributed by atoms with van der Waals surface area (Å²) in [5.74, 6) is 1.28. The predicted octanol–water partition coefficient (Wildman–Crippen LogP) is 3.44. The third-order valence-corrected chi connectivity index (χ3v) is 2.42. The first-order valence-corrected chi connectivity index (χ1v) is 4.55. The molecule has 9 heavy (non-hydrogen) atoms. The van der Waals surface area contributed by atoms with Gasteiger partial charge in [0.25, 0.3) is 0 Å². The van der Waals surface area contributed by atoms with Crippen LogP contribution < -0.4 is 0 Å². The molecule has 0 nitrogen and oxygen atoms in total. The van der Waals surface area contributed by atoms with Crippen molar-refractivity contribution in [2.24, 2.45) is 0 Å². The topological polar surface area (TPSA) is 0 Å². The monoisotopic (exact) mass is 144 g/mol. The van der Waals surface area contributed by atoms with Gasteiger partial charge < -0.3 is 0 Å². The Labute approximate surface area is 62.7 Å². The first kappa shape index (κ1) is 9.09. The van der Waals surface area contributed by atoms with Crippen LogP contribution in [0, 0.1) is 0 Å². The summed E-state index contributed by atoms with van der Waals surface area (Å²) in [5.41, 5.74) is 0. The zero-order chi connectivity index (χ0) is 7.11. The van der Waals surface area contributed by atoms with Crippen molar-refractivity contribution in [3.8, 4) is 0 Å². The number of rotatable bonds is 4. The van der Waals surface area contributed by atoms with E-state index in [1.165, 1.54) is 23.5 Å². The van der Waals surface area contributed by atoms with Crippen LogP contribution in [0.2, 0.25) is 0 Å². The Morgan fingerprint density at radius 2 is 2.22 bits per heavy atom. The van der Waals surface area contributed by atoms with Gasteiger partial charge in [-0.1, -0.05) is 19.4 Å². The summed E-state index contributed by atoms with van der Waals surface area (Å²) < 4.78 is 0. The molecule has 54 valence electrons. The minimum absolute atomic E-state index is 1.28. The fourth-order valence-electron chi connectivity index (χ4n) is 0.461. The van der Waals surface area contributed by atoms with Gasteiger partial charge >= 0.3 is 0 Å². The summed E-state index contributed by atoms with van der Waals surface area (Å²) >= 11 is 1.96. The van der Waals surface area contributed by atoms with E-state index in [-0.39, 0.29) is 0 Å². The van der Waals surface area contributed by atoms with Crippen LogP contribution in [0.3, 0.4) is 0 Å². The van der Waals surface area contributed by atoms with Crippen LogP contribution in [0.5, 0.6) is 0 Å². The maximum absolute atomic E-state index is 2.23. The largest absolute Gasteiger partial charge is 0.131 e. The normalized spacial score (nSPS) is 12.1. The molecule has 0 aromatic carbocycles. The number of allylic oxidation sites excluding steroid dienone is 2. The Bertz CT molecular complexity index is 84.6. The van der Waals surface area contributed by atoms with Gasteiger partial charge in [0.15, 0.2) is 0 Å². The lowest BCUT2D eigenvalue weighted by Crippen LogP contribution is -1.76. The second-order valence-electron chi connectivity index (χ2n) is 2.10. The molecule has 0 heterocycles. The zero-order valence-electron chi connectivity index (χ0n) is 6.61. The summed E-state index contributed by atoms with van der Waals surface area (Å²) in [7, 11) is 0. The molecule has 0 aromatic rings. The third-order valence-electron chi connectivity index (χ3n) is 1.23. The SMILES string of the molecule is C/C=C(\C)SCCCC. The summed E-state index contributed by atoms with van der Waals surface area (Å²) in [6.07, 6.45) is 4.82. The minimum atomic E-state index is 1.28. The molecule has 0 saturated heterocycles. The van der Waals surface area contributed by atoms with Crippen LogP contribution in [0.25, 0.3) is 0 Å². The maximum Gasteiger partial charge on any atom is -0.00236 e. The van der Waals surface area contributed by atoms with E-state index in [0.29, 0.717) is 0 Å². The van der Waals surface area contributed by atoms with Gasteiger partial charge in [-0.3, -0.25) is 0 Å². The van der Waals surface area contributed by atoms with Crippen LogP contribution >= 0.6 is 11.8 Å². The fraction of sp³-hybridized carbons (Fsp3) is 0.750. The van der Waals surface area contributed by atoms with Crippen molar-refractivity contribution in [2.45, 2.75) is 33.6 Å². The summed E-state index contributed by atoms with van der Waals surface area (Å²) in [6.45, 7) is 6.49. The molecular weight excluding hydrogens is 128 g/mol. The number of hydrogen-bond donors (Lipinski definition) is 0. The molecule has 0 aromatic heterocycles. The first-order valence-electron chi connectivity index (χ1n) is 3.57. The molecule has 0 radical (unpaired) electrons. The Kier molecular flexibility index (Phi) is 6.28. The van der Waals surface area contributed by atoms with Crippen LogP contribution in [0.1, 0.15) is 33.6 Å². The molecule has 0 aliphatic heterocycles. The second kappa shape index (κ2) is 6.21. The molecular formula is C8H16S. The first-order chi connectivity index (χ1) is 4.31. The van der Waals surface area contributed by atoms with E-state index in [9.17, 15) is 0 Å². The van der Waals surface area contributed by atoms with Crippen molar-refractivity contribution >= 4 is 11.8 Å². The van der Waals surface area contributed by atoms with Gasteiger partial charge in [0.1, 0.15) is 0 Å². The average molecular weight is 144 g/mol. The van der Waals surface area contributed by atoms with E-state index in [1.807, 2.05) is 11.8 Å². The van der Waals surface area contributed by atoms with E-state index in [1.54, 1.807) is 0 Å². The summed E-state index contributed by atoms with van der Waals surface area (Å²) in [4.78, 5) is 1.45. The molecule has 0 fully saturated rings. The van der Waals surface area contributed by atoms with E-state index < -0.39 is 0 Å². The minimum Gasteiger partial charge on any atom is -0.131 e. The smallest absolute Gasteiger partial charge is 0.00236 e. The predicted molar refractivity (Wildman–Crippen MR) is 46.8 cm³/mol. The van der Waals surface area contributed by atoms with E-state index >= 15 is 0 Å². The van der Waals surface area contributed by atoms with Crippen LogP contribution in [-0.2, 0) is 0 Å². The lowest BCUT2D eigenvalue weighted by molar-refractivity contribution is 0.897. The van der Waals surface area contributed by atoms with E-state index in [0.717, 1.165) is 0 Å². The van der Waals surface area contributed by atoms with Crippen molar-refractivity contribution in [3.63, 3.8) is 0 Å². The fourth-order valence-corrected chi connectivity index (χ4v) is 1.38. The van der Waals surface area contributed by atoms with Gasteiger partial charge in [-0.15, -0.1) is 11.8 Å². The Hall–Kier alpha value is 0.0900. The summed E-state index contributed by atoms with van der Waals surface area (Å²) in [6, 6.07) is 0. The molecule has 0 spiro atoms. The quantitative estimate of drug-likeness (QED) is 0.545. The number of thioether (sulfide) groups is 1. The van der Waals surface area contributed by atoms with E-state index in [4.69, 9.17) is 0 Å². The molecule has 0 atom stereocenters. The molecule has 0 amide bonds. The van der Waals surface area contributed by atoms with Gasteiger partial charge in [0.2, 0.25) is 0 Å². The highest BCUT2D eigenvalue weighted by atomic mass is 32.2. The highest BCUT2D eigenvalue weighted by Gasteiger charge is 1.86. The highest BCUT2D eigenvalue weighted by molar-refractivity contribution is 8.03. The number of unbranched alkanes of at least 4 members (excludes halogenated alkanes) is 1. The molecule has 0 bridgehead atoms. The molecule has 0 aliphatic carbocycles. The highest BCUT2D eigenvalue weighted by Crippen LogP contribution is 2.15.